The number of para-hydroxylation sites is 1. The zero-order valence-corrected chi connectivity index (χ0v) is 21.9. The fraction of sp³-hybridized carbons (Fsp3) is 0.312. The van der Waals surface area contributed by atoms with Crippen molar-refractivity contribution < 1.29 is 0 Å². The molecule has 0 radical (unpaired) electrons. The quantitative estimate of drug-likeness (QED) is 0.218. The Morgan fingerprint density at radius 1 is 0.917 bits per heavy atom. The summed E-state index contributed by atoms with van der Waals surface area (Å²) in [5.74, 6) is 0.769. The van der Waals surface area contributed by atoms with E-state index in [1.165, 1.54) is 36.0 Å². The van der Waals surface area contributed by atoms with Crippen LogP contribution in [-0.4, -0.2) is 9.55 Å². The van der Waals surface area contributed by atoms with Gasteiger partial charge in [-0.3, -0.25) is 9.36 Å². The summed E-state index contributed by atoms with van der Waals surface area (Å²) in [5, 5.41) is 0.775. The van der Waals surface area contributed by atoms with Gasteiger partial charge in [-0.1, -0.05) is 103 Å². The number of fused-ring (bicyclic) bond motifs is 4. The minimum atomic E-state index is -0.115. The summed E-state index contributed by atoms with van der Waals surface area (Å²) in [6.45, 7) is 4.21. The average molecular weight is 493 g/mol. The van der Waals surface area contributed by atoms with Crippen LogP contribution >= 0.6 is 11.8 Å². The van der Waals surface area contributed by atoms with Crippen LogP contribution in [0.5, 0.6) is 0 Å². The number of hydrogen-bond donors (Lipinski definition) is 0. The van der Waals surface area contributed by atoms with Crippen LogP contribution in [0.3, 0.4) is 0 Å². The number of aromatic nitrogens is 2. The highest BCUT2D eigenvalue weighted by atomic mass is 32.2. The molecule has 0 saturated heterocycles. The molecule has 0 amide bonds. The van der Waals surface area contributed by atoms with Gasteiger partial charge in [-0.25, -0.2) is 4.98 Å². The van der Waals surface area contributed by atoms with Crippen molar-refractivity contribution >= 4 is 11.8 Å². The predicted octanol–water partition coefficient (Wildman–Crippen LogP) is 7.57. The highest BCUT2D eigenvalue weighted by molar-refractivity contribution is 7.98. The molecule has 182 valence electrons. The van der Waals surface area contributed by atoms with Gasteiger partial charge >= 0.3 is 0 Å². The van der Waals surface area contributed by atoms with Crippen LogP contribution in [0.15, 0.2) is 82.7 Å². The first-order chi connectivity index (χ1) is 17.6. The molecule has 1 heterocycles. The minimum Gasteiger partial charge on any atom is -0.268 e. The van der Waals surface area contributed by atoms with E-state index in [9.17, 15) is 4.79 Å². The third kappa shape index (κ3) is 4.02. The maximum Gasteiger partial charge on any atom is 0.263 e. The first kappa shape index (κ1) is 23.3. The topological polar surface area (TPSA) is 34.9 Å². The Balaban J connectivity index is 1.59. The molecule has 0 N–H and O–H groups in total. The molecule has 0 atom stereocenters. The van der Waals surface area contributed by atoms with Crippen LogP contribution < -0.4 is 5.56 Å². The summed E-state index contributed by atoms with van der Waals surface area (Å²) < 4.78 is 1.92. The predicted molar refractivity (Wildman–Crippen MR) is 149 cm³/mol. The Labute approximate surface area is 217 Å². The van der Waals surface area contributed by atoms with Crippen LogP contribution in [0.1, 0.15) is 59.9 Å². The molecule has 0 bridgehead atoms. The van der Waals surface area contributed by atoms with E-state index in [1.807, 2.05) is 16.7 Å². The van der Waals surface area contributed by atoms with Crippen LogP contribution in [-0.2, 0) is 17.6 Å². The number of rotatable bonds is 4. The second kappa shape index (κ2) is 9.40. The van der Waals surface area contributed by atoms with Crippen molar-refractivity contribution in [3.05, 3.63) is 111 Å². The first-order valence-electron chi connectivity index (χ1n) is 13.1. The summed E-state index contributed by atoms with van der Waals surface area (Å²) in [6, 6.07) is 25.4. The van der Waals surface area contributed by atoms with E-state index < -0.39 is 0 Å². The van der Waals surface area contributed by atoms with E-state index in [2.05, 4.69) is 74.5 Å². The van der Waals surface area contributed by atoms with Gasteiger partial charge in [0.2, 0.25) is 0 Å². The molecule has 2 aliphatic carbocycles. The van der Waals surface area contributed by atoms with E-state index in [4.69, 9.17) is 4.98 Å². The summed E-state index contributed by atoms with van der Waals surface area (Å²) in [6.07, 6.45) is 6.67. The summed E-state index contributed by atoms with van der Waals surface area (Å²) in [7, 11) is 0. The fourth-order valence-electron chi connectivity index (χ4n) is 6.26. The molecule has 4 heteroatoms. The second-order valence-corrected chi connectivity index (χ2v) is 11.4. The van der Waals surface area contributed by atoms with Crippen LogP contribution in [0.4, 0.5) is 0 Å². The maximum absolute atomic E-state index is 14.6. The van der Waals surface area contributed by atoms with E-state index in [1.54, 1.807) is 11.8 Å². The normalized spacial score (nSPS) is 15.9. The van der Waals surface area contributed by atoms with Gasteiger partial charge in [0.05, 0.1) is 16.9 Å². The van der Waals surface area contributed by atoms with Crippen molar-refractivity contribution in [2.45, 2.75) is 68.7 Å². The number of aryl methyl sites for hydroxylation is 2. The lowest BCUT2D eigenvalue weighted by atomic mass is 9.62. The summed E-state index contributed by atoms with van der Waals surface area (Å²) >= 11 is 1.66. The fourth-order valence-corrected chi connectivity index (χ4v) is 7.20. The molecular weight excluding hydrogens is 460 g/mol. The van der Waals surface area contributed by atoms with Gasteiger partial charge in [-0.2, -0.15) is 0 Å². The molecule has 4 aromatic rings. The summed E-state index contributed by atoms with van der Waals surface area (Å²) in [5.41, 5.74) is 8.86. The molecule has 1 spiro atoms. The minimum absolute atomic E-state index is 0.115. The SMILES string of the molecule is Cc1cccc(CSc2nc3c(c(=O)n2-c2ccccc2C)C2(CCCCC2)Cc2ccccc2-3)c1. The molecular formula is C32H32N2OS. The molecule has 1 saturated carbocycles. The number of benzene rings is 3. The number of hydrogen-bond acceptors (Lipinski definition) is 3. The van der Waals surface area contributed by atoms with Crippen LogP contribution in [0.2, 0.25) is 0 Å². The smallest absolute Gasteiger partial charge is 0.263 e. The zero-order valence-electron chi connectivity index (χ0n) is 21.1. The standard InChI is InChI=1S/C32H32N2OS/c1-22-11-10-13-24(19-22)21-36-31-33-29-26-15-6-5-14-25(26)20-32(17-8-3-9-18-32)28(29)30(35)34(31)27-16-7-4-12-23(27)2/h4-7,10-16,19H,3,8-9,17-18,20-21H2,1-2H3. The Morgan fingerprint density at radius 3 is 2.50 bits per heavy atom. The van der Waals surface area contributed by atoms with Crippen LogP contribution in [0, 0.1) is 13.8 Å². The van der Waals surface area contributed by atoms with Crippen molar-refractivity contribution in [2.75, 3.05) is 0 Å². The lowest BCUT2D eigenvalue weighted by molar-refractivity contribution is 0.283. The van der Waals surface area contributed by atoms with Gasteiger partial charge in [-0.05, 0) is 55.9 Å². The molecule has 3 nitrogen and oxygen atoms in total. The van der Waals surface area contributed by atoms with E-state index in [-0.39, 0.29) is 11.0 Å². The molecule has 6 rings (SSSR count). The molecule has 0 unspecified atom stereocenters. The Kier molecular flexibility index (Phi) is 6.08. The van der Waals surface area contributed by atoms with Gasteiger partial charge in [0.25, 0.3) is 5.56 Å². The zero-order chi connectivity index (χ0) is 24.7. The molecule has 0 aliphatic heterocycles. The Bertz CT molecular complexity index is 1500. The molecule has 2 aliphatic rings. The average Bonchev–Trinajstić information content (AvgIpc) is 2.88. The van der Waals surface area contributed by atoms with Gasteiger partial charge < -0.3 is 0 Å². The number of nitrogens with zero attached hydrogens (tertiary/aromatic N) is 2. The Morgan fingerprint density at radius 2 is 1.69 bits per heavy atom. The van der Waals surface area contributed by atoms with E-state index >= 15 is 0 Å². The monoisotopic (exact) mass is 492 g/mol. The first-order valence-corrected chi connectivity index (χ1v) is 14.0. The van der Waals surface area contributed by atoms with Crippen molar-refractivity contribution in [3.63, 3.8) is 0 Å². The van der Waals surface area contributed by atoms with E-state index in [0.29, 0.717) is 0 Å². The third-order valence-corrected chi connectivity index (χ3v) is 9.01. The Hall–Kier alpha value is -3.11. The largest absolute Gasteiger partial charge is 0.268 e. The second-order valence-electron chi connectivity index (χ2n) is 10.5. The molecule has 1 fully saturated rings. The molecule has 3 aromatic carbocycles. The highest BCUT2D eigenvalue weighted by Gasteiger charge is 2.43. The third-order valence-electron chi connectivity index (χ3n) is 8.00. The van der Waals surface area contributed by atoms with E-state index in [0.717, 1.165) is 58.2 Å². The number of thioether (sulfide) groups is 1. The van der Waals surface area contributed by atoms with Crippen LogP contribution in [0.25, 0.3) is 16.9 Å². The van der Waals surface area contributed by atoms with Crippen molar-refractivity contribution in [1.82, 2.24) is 9.55 Å². The van der Waals surface area contributed by atoms with Gasteiger partial charge in [0.15, 0.2) is 5.16 Å². The highest BCUT2D eigenvalue weighted by Crippen LogP contribution is 2.49. The lowest BCUT2D eigenvalue weighted by Crippen LogP contribution is -2.43. The van der Waals surface area contributed by atoms with Crippen molar-refractivity contribution in [1.29, 1.82) is 0 Å². The van der Waals surface area contributed by atoms with Gasteiger partial charge in [0, 0.05) is 16.7 Å². The summed E-state index contributed by atoms with van der Waals surface area (Å²) in [4.78, 5) is 20.0. The molecule has 1 aromatic heterocycles. The van der Waals surface area contributed by atoms with Crippen molar-refractivity contribution in [2.24, 2.45) is 0 Å². The van der Waals surface area contributed by atoms with Gasteiger partial charge in [-0.15, -0.1) is 0 Å². The lowest BCUT2D eigenvalue weighted by Gasteiger charge is -2.42. The molecule has 36 heavy (non-hydrogen) atoms. The van der Waals surface area contributed by atoms with Crippen molar-refractivity contribution in [3.8, 4) is 16.9 Å². The maximum atomic E-state index is 14.6. The van der Waals surface area contributed by atoms with Gasteiger partial charge in [0.1, 0.15) is 0 Å².